The van der Waals surface area contributed by atoms with Crippen LogP contribution in [0, 0.1) is 0 Å². The number of benzene rings is 1. The van der Waals surface area contributed by atoms with E-state index in [1.54, 1.807) is 11.8 Å². The molecule has 16 heavy (non-hydrogen) atoms. The third kappa shape index (κ3) is 5.21. The predicted molar refractivity (Wildman–Crippen MR) is 70.1 cm³/mol. The molecule has 1 rings (SSSR count). The number of hydrogen-bond donors (Lipinski definition) is 1. The van der Waals surface area contributed by atoms with Gasteiger partial charge in [0.25, 0.3) is 0 Å². The SMILES string of the molecule is CCOCC(O)CSCc1ccccc1Cl. The smallest absolute Gasteiger partial charge is 0.0863 e. The molecule has 4 heteroatoms. The third-order valence-corrected chi connectivity index (χ3v) is 3.54. The highest BCUT2D eigenvalue weighted by molar-refractivity contribution is 7.98. The lowest BCUT2D eigenvalue weighted by atomic mass is 10.2. The molecule has 0 aliphatic heterocycles. The minimum absolute atomic E-state index is 0.396. The number of thioether (sulfide) groups is 1. The zero-order valence-corrected chi connectivity index (χ0v) is 10.9. The average Bonchev–Trinajstić information content (AvgIpc) is 2.29. The van der Waals surface area contributed by atoms with E-state index in [0.717, 1.165) is 16.3 Å². The first-order valence-corrected chi connectivity index (χ1v) is 6.84. The van der Waals surface area contributed by atoms with E-state index < -0.39 is 6.10 Å². The number of rotatable bonds is 7. The van der Waals surface area contributed by atoms with Crippen LogP contribution in [-0.4, -0.2) is 30.2 Å². The van der Waals surface area contributed by atoms with Crippen LogP contribution in [0.3, 0.4) is 0 Å². The van der Waals surface area contributed by atoms with Gasteiger partial charge in [-0.15, -0.1) is 0 Å². The molecule has 0 heterocycles. The summed E-state index contributed by atoms with van der Waals surface area (Å²) in [7, 11) is 0. The molecule has 0 saturated heterocycles. The largest absolute Gasteiger partial charge is 0.390 e. The molecule has 1 aromatic carbocycles. The van der Waals surface area contributed by atoms with Gasteiger partial charge < -0.3 is 9.84 Å². The van der Waals surface area contributed by atoms with E-state index in [1.165, 1.54) is 0 Å². The van der Waals surface area contributed by atoms with Crippen molar-refractivity contribution < 1.29 is 9.84 Å². The van der Waals surface area contributed by atoms with Crippen molar-refractivity contribution in [3.05, 3.63) is 34.9 Å². The van der Waals surface area contributed by atoms with E-state index in [4.69, 9.17) is 16.3 Å². The molecule has 0 aliphatic rings. The van der Waals surface area contributed by atoms with Gasteiger partial charge in [0.05, 0.1) is 12.7 Å². The number of halogens is 1. The van der Waals surface area contributed by atoms with E-state index in [0.29, 0.717) is 19.0 Å². The van der Waals surface area contributed by atoms with Gasteiger partial charge in [0, 0.05) is 23.1 Å². The highest BCUT2D eigenvalue weighted by Crippen LogP contribution is 2.21. The highest BCUT2D eigenvalue weighted by Gasteiger charge is 2.05. The maximum atomic E-state index is 9.55. The molecule has 0 saturated carbocycles. The summed E-state index contributed by atoms with van der Waals surface area (Å²) in [6.07, 6.45) is -0.396. The Labute approximate surface area is 106 Å². The summed E-state index contributed by atoms with van der Waals surface area (Å²) in [5.74, 6) is 1.49. The van der Waals surface area contributed by atoms with Gasteiger partial charge >= 0.3 is 0 Å². The normalized spacial score (nSPS) is 12.7. The number of aliphatic hydroxyl groups excluding tert-OH is 1. The third-order valence-electron chi connectivity index (χ3n) is 2.04. The van der Waals surface area contributed by atoms with Gasteiger partial charge in [-0.1, -0.05) is 29.8 Å². The summed E-state index contributed by atoms with van der Waals surface area (Å²) in [6.45, 7) is 2.97. The van der Waals surface area contributed by atoms with Gasteiger partial charge in [0.2, 0.25) is 0 Å². The zero-order chi connectivity index (χ0) is 11.8. The molecule has 0 radical (unpaired) electrons. The van der Waals surface area contributed by atoms with Crippen LogP contribution in [0.25, 0.3) is 0 Å². The summed E-state index contributed by atoms with van der Waals surface area (Å²) < 4.78 is 5.13. The highest BCUT2D eigenvalue weighted by atomic mass is 35.5. The molecular formula is C12H17ClO2S. The fraction of sp³-hybridized carbons (Fsp3) is 0.500. The van der Waals surface area contributed by atoms with Crippen LogP contribution in [0.4, 0.5) is 0 Å². The quantitative estimate of drug-likeness (QED) is 0.817. The number of aliphatic hydroxyl groups is 1. The van der Waals surface area contributed by atoms with Gasteiger partial charge in [-0.05, 0) is 18.6 Å². The van der Waals surface area contributed by atoms with E-state index in [1.807, 2.05) is 31.2 Å². The Morgan fingerprint density at radius 1 is 1.44 bits per heavy atom. The molecule has 90 valence electrons. The minimum atomic E-state index is -0.396. The maximum Gasteiger partial charge on any atom is 0.0863 e. The Kier molecular flexibility index (Phi) is 6.88. The second kappa shape index (κ2) is 7.96. The van der Waals surface area contributed by atoms with Crippen LogP contribution >= 0.6 is 23.4 Å². The second-order valence-corrected chi connectivity index (χ2v) is 4.86. The van der Waals surface area contributed by atoms with Crippen molar-refractivity contribution in [2.24, 2.45) is 0 Å². The van der Waals surface area contributed by atoms with Crippen LogP contribution in [0.5, 0.6) is 0 Å². The van der Waals surface area contributed by atoms with Crippen LogP contribution in [0.2, 0.25) is 5.02 Å². The fourth-order valence-corrected chi connectivity index (χ4v) is 2.46. The fourth-order valence-electron chi connectivity index (χ4n) is 1.22. The molecule has 1 aromatic rings. The Bertz CT molecular complexity index is 307. The molecule has 0 bridgehead atoms. The van der Waals surface area contributed by atoms with Crippen molar-refractivity contribution in [2.75, 3.05) is 19.0 Å². The van der Waals surface area contributed by atoms with Crippen LogP contribution in [0.15, 0.2) is 24.3 Å². The number of hydrogen-bond acceptors (Lipinski definition) is 3. The first-order chi connectivity index (χ1) is 7.74. The lowest BCUT2D eigenvalue weighted by Gasteiger charge is -2.10. The molecule has 0 aliphatic carbocycles. The molecule has 0 aromatic heterocycles. The van der Waals surface area contributed by atoms with Gasteiger partial charge in [-0.25, -0.2) is 0 Å². The van der Waals surface area contributed by atoms with Gasteiger partial charge in [0.15, 0.2) is 0 Å². The molecule has 1 unspecified atom stereocenters. The Balaban J connectivity index is 2.23. The van der Waals surface area contributed by atoms with Crippen molar-refractivity contribution in [1.82, 2.24) is 0 Å². The molecular weight excluding hydrogens is 244 g/mol. The molecule has 2 nitrogen and oxygen atoms in total. The molecule has 1 N–H and O–H groups in total. The van der Waals surface area contributed by atoms with E-state index in [2.05, 4.69) is 0 Å². The van der Waals surface area contributed by atoms with Crippen LogP contribution in [0.1, 0.15) is 12.5 Å². The molecule has 0 amide bonds. The van der Waals surface area contributed by atoms with Crippen LogP contribution in [-0.2, 0) is 10.5 Å². The Morgan fingerprint density at radius 3 is 2.88 bits per heavy atom. The lowest BCUT2D eigenvalue weighted by Crippen LogP contribution is -2.17. The Morgan fingerprint density at radius 2 is 2.19 bits per heavy atom. The summed E-state index contributed by atoms with van der Waals surface area (Å²) >= 11 is 7.69. The standard InChI is InChI=1S/C12H17ClO2S/c1-2-15-7-11(14)9-16-8-10-5-3-4-6-12(10)13/h3-6,11,14H,2,7-9H2,1H3. The molecule has 0 spiro atoms. The van der Waals surface area contributed by atoms with Gasteiger partial charge in [-0.2, -0.15) is 11.8 Å². The number of ether oxygens (including phenoxy) is 1. The van der Waals surface area contributed by atoms with E-state index in [9.17, 15) is 5.11 Å². The lowest BCUT2D eigenvalue weighted by molar-refractivity contribution is 0.0551. The van der Waals surface area contributed by atoms with Crippen molar-refractivity contribution in [3.8, 4) is 0 Å². The zero-order valence-electron chi connectivity index (χ0n) is 9.36. The Hall–Kier alpha value is -0.220. The maximum absolute atomic E-state index is 9.55. The predicted octanol–water partition coefficient (Wildman–Crippen LogP) is 2.97. The van der Waals surface area contributed by atoms with E-state index >= 15 is 0 Å². The first kappa shape index (κ1) is 13.8. The summed E-state index contributed by atoms with van der Waals surface area (Å²) in [6, 6.07) is 7.77. The average molecular weight is 261 g/mol. The second-order valence-electron chi connectivity index (χ2n) is 3.42. The van der Waals surface area contributed by atoms with Gasteiger partial charge in [0.1, 0.15) is 0 Å². The van der Waals surface area contributed by atoms with Crippen molar-refractivity contribution >= 4 is 23.4 Å². The topological polar surface area (TPSA) is 29.5 Å². The first-order valence-electron chi connectivity index (χ1n) is 5.31. The minimum Gasteiger partial charge on any atom is -0.390 e. The summed E-state index contributed by atoms with van der Waals surface area (Å²) in [4.78, 5) is 0. The van der Waals surface area contributed by atoms with Crippen molar-refractivity contribution in [2.45, 2.75) is 18.8 Å². The summed E-state index contributed by atoms with van der Waals surface area (Å²) in [5, 5.41) is 10.3. The van der Waals surface area contributed by atoms with E-state index in [-0.39, 0.29) is 0 Å². The van der Waals surface area contributed by atoms with Crippen molar-refractivity contribution in [3.63, 3.8) is 0 Å². The summed E-state index contributed by atoms with van der Waals surface area (Å²) in [5.41, 5.74) is 1.11. The molecule has 0 fully saturated rings. The monoisotopic (exact) mass is 260 g/mol. The molecule has 1 atom stereocenters. The van der Waals surface area contributed by atoms with Gasteiger partial charge in [-0.3, -0.25) is 0 Å². The van der Waals surface area contributed by atoms with Crippen LogP contribution < -0.4 is 0 Å². The van der Waals surface area contributed by atoms with Crippen molar-refractivity contribution in [1.29, 1.82) is 0 Å².